The number of thioether (sulfide) groups is 1. The fourth-order valence-electron chi connectivity index (χ4n) is 4.80. The molecule has 41 heavy (non-hydrogen) atoms. The molecular weight excluding hydrogens is 584 g/mol. The summed E-state index contributed by atoms with van der Waals surface area (Å²) in [5.74, 6) is -8.67. The number of amides is 1. The number of carbonyl (C=O) groups is 2. The van der Waals surface area contributed by atoms with Crippen molar-refractivity contribution in [3.05, 3.63) is 76.2 Å². The number of hydrogen-bond acceptors (Lipinski definition) is 10. The molecule has 0 bridgehead atoms. The first-order valence-electron chi connectivity index (χ1n) is 12.0. The molecule has 0 fully saturated rings. The first-order valence-corrected chi connectivity index (χ1v) is 13.8. The molecule has 5 rings (SSSR count). The van der Waals surface area contributed by atoms with E-state index in [1.165, 1.54) is 11.2 Å². The van der Waals surface area contributed by atoms with Gasteiger partial charge in [0.2, 0.25) is 11.0 Å². The van der Waals surface area contributed by atoms with Crippen molar-refractivity contribution < 1.29 is 31.6 Å². The highest BCUT2D eigenvalue weighted by molar-refractivity contribution is 8.01. The largest absolute Gasteiger partial charge is 0.468 e. The summed E-state index contributed by atoms with van der Waals surface area (Å²) in [6.45, 7) is 3.87. The molecule has 1 aliphatic heterocycles. The molecule has 1 aromatic carbocycles. The number of furan rings is 1. The number of carbonyl (C=O) groups excluding carboxylic acids is 2. The molecule has 1 aliphatic carbocycles. The average molecular weight is 605 g/mol. The Balaban J connectivity index is 1.43. The SMILES string of the molecule is CC1(C)CC(=O)C2=C(C1)N(c1nnc(SCC(=O)Nc3c(F)c(F)cc(F)c3F)s1)C(N)=C(C#N)C2c1ccco1. The number of halogens is 4. The lowest BCUT2D eigenvalue weighted by atomic mass is 9.69. The third-order valence-electron chi connectivity index (χ3n) is 6.50. The Morgan fingerprint density at radius 1 is 1.27 bits per heavy atom. The molecule has 1 atom stereocenters. The Bertz CT molecular complexity index is 1650. The van der Waals surface area contributed by atoms with Gasteiger partial charge < -0.3 is 15.5 Å². The molecule has 15 heteroatoms. The maximum absolute atomic E-state index is 13.9. The van der Waals surface area contributed by atoms with Crippen molar-refractivity contribution in [3.8, 4) is 6.07 Å². The number of nitriles is 1. The molecule has 9 nitrogen and oxygen atoms in total. The highest BCUT2D eigenvalue weighted by atomic mass is 32.2. The van der Waals surface area contributed by atoms with Crippen LogP contribution in [0, 0.1) is 40.0 Å². The van der Waals surface area contributed by atoms with Crippen LogP contribution in [0.1, 0.15) is 38.4 Å². The fraction of sp³-hybridized carbons (Fsp3) is 0.269. The van der Waals surface area contributed by atoms with Crippen molar-refractivity contribution in [1.29, 1.82) is 5.26 Å². The van der Waals surface area contributed by atoms with E-state index in [4.69, 9.17) is 10.2 Å². The molecule has 1 amide bonds. The first-order chi connectivity index (χ1) is 19.4. The van der Waals surface area contributed by atoms with E-state index in [0.29, 0.717) is 23.5 Å². The van der Waals surface area contributed by atoms with Crippen LogP contribution in [-0.2, 0) is 9.59 Å². The standard InChI is InChI=1S/C26H20F4N6O3S2/c1-26(2)7-14-19(15(37)8-26)18(16-4-3-5-39-16)11(9-31)23(32)36(14)24-34-35-25(41-24)40-10-17(38)33-22-20(29)12(27)6-13(28)21(22)30/h3-6,18H,7-8,10,32H2,1-2H3,(H,33,38). The Morgan fingerprint density at radius 3 is 2.61 bits per heavy atom. The summed E-state index contributed by atoms with van der Waals surface area (Å²) < 4.78 is 60.5. The van der Waals surface area contributed by atoms with Crippen LogP contribution < -0.4 is 16.0 Å². The minimum Gasteiger partial charge on any atom is -0.468 e. The number of hydrogen-bond donors (Lipinski definition) is 2. The van der Waals surface area contributed by atoms with Gasteiger partial charge in [0, 0.05) is 23.8 Å². The zero-order valence-corrected chi connectivity index (χ0v) is 23.1. The van der Waals surface area contributed by atoms with Gasteiger partial charge in [0.05, 0.1) is 29.6 Å². The monoisotopic (exact) mass is 604 g/mol. The van der Waals surface area contributed by atoms with Crippen molar-refractivity contribution in [1.82, 2.24) is 10.2 Å². The quantitative estimate of drug-likeness (QED) is 0.216. The Hall–Kier alpha value is -4.16. The van der Waals surface area contributed by atoms with Crippen molar-refractivity contribution in [2.24, 2.45) is 11.1 Å². The van der Waals surface area contributed by atoms with E-state index in [-0.39, 0.29) is 39.1 Å². The smallest absolute Gasteiger partial charge is 0.234 e. The maximum Gasteiger partial charge on any atom is 0.234 e. The van der Waals surface area contributed by atoms with Crippen LogP contribution in [-0.4, -0.2) is 27.6 Å². The number of nitrogens with zero attached hydrogens (tertiary/aromatic N) is 4. The van der Waals surface area contributed by atoms with Gasteiger partial charge >= 0.3 is 0 Å². The highest BCUT2D eigenvalue weighted by Crippen LogP contribution is 2.50. The minimum absolute atomic E-state index is 0.0367. The zero-order valence-electron chi connectivity index (χ0n) is 21.4. The van der Waals surface area contributed by atoms with Crippen molar-refractivity contribution in [2.45, 2.75) is 36.9 Å². The van der Waals surface area contributed by atoms with Gasteiger partial charge in [0.25, 0.3) is 0 Å². The maximum atomic E-state index is 13.9. The summed E-state index contributed by atoms with van der Waals surface area (Å²) in [6.07, 6.45) is 2.12. The predicted octanol–water partition coefficient (Wildman–Crippen LogP) is 5.36. The molecule has 0 spiro atoms. The van der Waals surface area contributed by atoms with Gasteiger partial charge in [0.15, 0.2) is 33.4 Å². The Kier molecular flexibility index (Phi) is 7.39. The lowest BCUT2D eigenvalue weighted by molar-refractivity contribution is -0.118. The molecule has 3 aromatic rings. The first kappa shape index (κ1) is 28.4. The number of allylic oxidation sites excluding steroid dienone is 3. The number of rotatable bonds is 6. The summed E-state index contributed by atoms with van der Waals surface area (Å²) in [7, 11) is 0. The molecule has 2 aromatic heterocycles. The van der Waals surface area contributed by atoms with Crippen molar-refractivity contribution in [3.63, 3.8) is 0 Å². The van der Waals surface area contributed by atoms with Crippen molar-refractivity contribution >= 4 is 45.6 Å². The van der Waals surface area contributed by atoms with E-state index < -0.39 is 51.9 Å². The van der Waals surface area contributed by atoms with E-state index in [0.717, 1.165) is 23.1 Å². The van der Waals surface area contributed by atoms with Gasteiger partial charge in [-0.2, -0.15) is 5.26 Å². The second kappa shape index (κ2) is 10.7. The van der Waals surface area contributed by atoms with Crippen LogP contribution in [0.4, 0.5) is 28.4 Å². The summed E-state index contributed by atoms with van der Waals surface area (Å²) in [5.41, 5.74) is 5.87. The number of aromatic nitrogens is 2. The lowest BCUT2D eigenvalue weighted by Gasteiger charge is -2.42. The molecule has 0 saturated heterocycles. The van der Waals surface area contributed by atoms with Gasteiger partial charge in [-0.25, -0.2) is 17.6 Å². The van der Waals surface area contributed by atoms with E-state index in [2.05, 4.69) is 16.3 Å². The van der Waals surface area contributed by atoms with Crippen LogP contribution >= 0.6 is 23.1 Å². The van der Waals surface area contributed by atoms with Crippen molar-refractivity contribution in [2.75, 3.05) is 16.0 Å². The summed E-state index contributed by atoms with van der Waals surface area (Å²) in [6, 6.07) is 5.47. The second-order valence-electron chi connectivity index (χ2n) is 10.0. The topological polar surface area (TPSA) is 138 Å². The van der Waals surface area contributed by atoms with Crippen LogP contribution in [0.5, 0.6) is 0 Å². The van der Waals surface area contributed by atoms with Crippen LogP contribution in [0.25, 0.3) is 0 Å². The molecule has 3 heterocycles. The normalized spacial score (nSPS) is 18.4. The average Bonchev–Trinajstić information content (AvgIpc) is 3.60. The molecule has 3 N–H and O–H groups in total. The zero-order chi connectivity index (χ0) is 29.6. The third-order valence-corrected chi connectivity index (χ3v) is 8.54. The molecule has 1 unspecified atom stereocenters. The number of anilines is 2. The summed E-state index contributed by atoms with van der Waals surface area (Å²) >= 11 is 1.84. The van der Waals surface area contributed by atoms with E-state index in [9.17, 15) is 32.4 Å². The number of Topliss-reactive ketones (excluding diaryl/α,β-unsaturated/α-hetero) is 1. The van der Waals surface area contributed by atoms with Gasteiger partial charge in [-0.3, -0.25) is 14.5 Å². The minimum atomic E-state index is -1.73. The van der Waals surface area contributed by atoms with E-state index in [1.807, 2.05) is 19.2 Å². The van der Waals surface area contributed by atoms with E-state index >= 15 is 0 Å². The van der Waals surface area contributed by atoms with Gasteiger partial charge in [-0.1, -0.05) is 36.9 Å². The number of ketones is 1. The molecule has 0 saturated carbocycles. The predicted molar refractivity (Wildman–Crippen MR) is 141 cm³/mol. The summed E-state index contributed by atoms with van der Waals surface area (Å²) in [4.78, 5) is 27.3. The van der Waals surface area contributed by atoms with Gasteiger partial charge in [0.1, 0.15) is 17.3 Å². The van der Waals surface area contributed by atoms with Crippen LogP contribution in [0.15, 0.2) is 55.9 Å². The van der Waals surface area contributed by atoms with E-state index in [1.54, 1.807) is 12.1 Å². The summed E-state index contributed by atoms with van der Waals surface area (Å²) in [5, 5.41) is 20.3. The number of nitrogens with one attached hydrogen (secondary N) is 1. The fourth-order valence-corrected chi connectivity index (χ4v) is 6.48. The number of benzene rings is 1. The Morgan fingerprint density at radius 2 is 1.98 bits per heavy atom. The molecular formula is C26H20F4N6O3S2. The van der Waals surface area contributed by atoms with Gasteiger partial charge in [-0.15, -0.1) is 10.2 Å². The molecule has 2 aliphatic rings. The highest BCUT2D eigenvalue weighted by Gasteiger charge is 2.46. The Labute approximate surface area is 238 Å². The lowest BCUT2D eigenvalue weighted by Crippen LogP contribution is -2.42. The van der Waals surface area contributed by atoms with Crippen LogP contribution in [0.2, 0.25) is 0 Å². The van der Waals surface area contributed by atoms with Crippen LogP contribution in [0.3, 0.4) is 0 Å². The van der Waals surface area contributed by atoms with Gasteiger partial charge in [-0.05, 0) is 24.0 Å². The molecule has 0 radical (unpaired) electrons. The molecule has 212 valence electrons. The third kappa shape index (κ3) is 5.20. The number of nitrogens with two attached hydrogens (primary N) is 1. The second-order valence-corrected chi connectivity index (χ2v) is 12.2.